The molecule has 0 unspecified atom stereocenters. The van der Waals surface area contributed by atoms with Gasteiger partial charge in [0.15, 0.2) is 0 Å². The highest BCUT2D eigenvalue weighted by atomic mass is 19.4. The fourth-order valence-corrected chi connectivity index (χ4v) is 4.66. The molecule has 3 aromatic rings. The largest absolute Gasteiger partial charge is 0.494 e. The van der Waals surface area contributed by atoms with Crippen LogP contribution in [0.15, 0.2) is 61.3 Å². The van der Waals surface area contributed by atoms with E-state index in [1.165, 1.54) is 32.4 Å². The molecule has 0 atom stereocenters. The second-order valence-corrected chi connectivity index (χ2v) is 9.90. The Hall–Kier alpha value is -4.32. The third-order valence-corrected chi connectivity index (χ3v) is 6.92. The van der Waals surface area contributed by atoms with Crippen molar-refractivity contribution in [3.05, 3.63) is 66.9 Å². The molecule has 0 saturated carbocycles. The molecule has 42 heavy (non-hydrogen) atoms. The topological polar surface area (TPSA) is 94.6 Å². The summed E-state index contributed by atoms with van der Waals surface area (Å²) in [6.07, 6.45) is 0.793. The number of aromatic nitrogens is 2. The van der Waals surface area contributed by atoms with Crippen LogP contribution < -0.4 is 25.6 Å². The second-order valence-electron chi connectivity index (χ2n) is 9.90. The zero-order valence-corrected chi connectivity index (χ0v) is 23.8. The molecule has 0 bridgehead atoms. The number of carbonyl (C=O) groups excluding carboxylic acids is 1. The number of benzene rings is 2. The molecule has 1 saturated heterocycles. The maximum Gasteiger partial charge on any atom is 0.421 e. The first-order chi connectivity index (χ1) is 20.2. The number of piperazine rings is 1. The molecule has 224 valence electrons. The number of nitrogens with one attached hydrogen (secondary N) is 3. The van der Waals surface area contributed by atoms with E-state index in [2.05, 4.69) is 49.2 Å². The van der Waals surface area contributed by atoms with Crippen LogP contribution in [0.2, 0.25) is 0 Å². The van der Waals surface area contributed by atoms with Gasteiger partial charge in [-0.05, 0) is 49.4 Å². The fraction of sp³-hybridized carbons (Fsp3) is 0.367. The third kappa shape index (κ3) is 8.12. The lowest BCUT2D eigenvalue weighted by molar-refractivity contribution is -0.137. The number of unbranched alkanes of at least 4 members (excludes halogenated alkanes) is 2. The van der Waals surface area contributed by atoms with Crippen molar-refractivity contribution >= 4 is 40.4 Å². The number of hydrogen-bond donors (Lipinski definition) is 3. The van der Waals surface area contributed by atoms with Gasteiger partial charge in [0.2, 0.25) is 11.9 Å². The number of ether oxygens (including phenoxy) is 1. The SMILES string of the molecule is C=CC(=O)Nc1cccc(Nc2nc(Nc3ccc(N4CCN(CCCCC)CC4)cc3OC)ncc2C(F)(F)F)c1. The Bertz CT molecular complexity index is 1380. The maximum atomic E-state index is 13.8. The Morgan fingerprint density at radius 3 is 2.52 bits per heavy atom. The van der Waals surface area contributed by atoms with E-state index in [1.54, 1.807) is 18.2 Å². The van der Waals surface area contributed by atoms with Gasteiger partial charge < -0.3 is 25.6 Å². The summed E-state index contributed by atoms with van der Waals surface area (Å²) in [5.41, 5.74) is 1.15. The Morgan fingerprint density at radius 1 is 1.07 bits per heavy atom. The van der Waals surface area contributed by atoms with Crippen LogP contribution in [0.1, 0.15) is 31.7 Å². The zero-order chi connectivity index (χ0) is 30.1. The van der Waals surface area contributed by atoms with Gasteiger partial charge >= 0.3 is 6.18 Å². The summed E-state index contributed by atoms with van der Waals surface area (Å²) in [5.74, 6) is -0.421. The van der Waals surface area contributed by atoms with Gasteiger partial charge in [-0.2, -0.15) is 18.2 Å². The first-order valence-corrected chi connectivity index (χ1v) is 13.9. The minimum atomic E-state index is -4.70. The molecule has 1 fully saturated rings. The molecule has 1 aromatic heterocycles. The molecule has 3 N–H and O–H groups in total. The number of nitrogens with zero attached hydrogens (tertiary/aromatic N) is 4. The number of rotatable bonds is 12. The molecule has 2 aromatic carbocycles. The first kappa shape index (κ1) is 30.6. The Balaban J connectivity index is 1.51. The van der Waals surface area contributed by atoms with Crippen molar-refractivity contribution in [2.75, 3.05) is 60.7 Å². The second kappa shape index (κ2) is 14.0. The van der Waals surface area contributed by atoms with Crippen LogP contribution in [-0.2, 0) is 11.0 Å². The van der Waals surface area contributed by atoms with Crippen LogP contribution in [0.25, 0.3) is 0 Å². The van der Waals surface area contributed by atoms with Crippen LogP contribution in [0.4, 0.5) is 47.7 Å². The smallest absolute Gasteiger partial charge is 0.421 e. The average Bonchev–Trinajstić information content (AvgIpc) is 2.97. The summed E-state index contributed by atoms with van der Waals surface area (Å²) < 4.78 is 47.0. The highest BCUT2D eigenvalue weighted by Gasteiger charge is 2.35. The molecular formula is C30H36F3N7O2. The van der Waals surface area contributed by atoms with Crippen molar-refractivity contribution in [1.82, 2.24) is 14.9 Å². The standard InChI is InChI=1S/C30H36F3N7O2/c1-4-6-7-13-39-14-16-40(17-15-39)23-11-12-25(26(19-23)42-3)37-29-34-20-24(30(31,32)33)28(38-29)36-22-10-8-9-21(18-22)35-27(41)5-2/h5,8-12,18-20H,2,4,6-7,13-17H2,1,3H3,(H,35,41)(H2,34,36,37,38). The molecule has 4 rings (SSSR count). The molecule has 1 aliphatic heterocycles. The minimum absolute atomic E-state index is 0.0478. The minimum Gasteiger partial charge on any atom is -0.494 e. The van der Waals surface area contributed by atoms with Crippen LogP contribution in [0, 0.1) is 0 Å². The summed E-state index contributed by atoms with van der Waals surface area (Å²) in [7, 11) is 1.54. The average molecular weight is 584 g/mol. The predicted molar refractivity (Wildman–Crippen MR) is 160 cm³/mol. The number of halogens is 3. The van der Waals surface area contributed by atoms with Gasteiger partial charge in [-0.15, -0.1) is 0 Å². The van der Waals surface area contributed by atoms with Crippen molar-refractivity contribution < 1.29 is 22.7 Å². The molecule has 1 amide bonds. The lowest BCUT2D eigenvalue weighted by atomic mass is 10.2. The van der Waals surface area contributed by atoms with Crippen molar-refractivity contribution in [2.24, 2.45) is 0 Å². The van der Waals surface area contributed by atoms with E-state index in [0.29, 0.717) is 22.8 Å². The van der Waals surface area contributed by atoms with Gasteiger partial charge in [-0.25, -0.2) is 4.98 Å². The van der Waals surface area contributed by atoms with E-state index in [0.717, 1.165) is 50.7 Å². The van der Waals surface area contributed by atoms with E-state index >= 15 is 0 Å². The lowest BCUT2D eigenvalue weighted by Gasteiger charge is -2.36. The molecule has 0 radical (unpaired) electrons. The summed E-state index contributed by atoms with van der Waals surface area (Å²) in [4.78, 5) is 24.5. The van der Waals surface area contributed by atoms with Gasteiger partial charge in [0.05, 0.1) is 12.8 Å². The van der Waals surface area contributed by atoms with E-state index in [1.807, 2.05) is 18.2 Å². The van der Waals surface area contributed by atoms with Crippen LogP contribution >= 0.6 is 0 Å². The summed E-state index contributed by atoms with van der Waals surface area (Å²) in [5, 5.41) is 8.27. The number of anilines is 6. The van der Waals surface area contributed by atoms with Gasteiger partial charge in [-0.3, -0.25) is 9.69 Å². The highest BCUT2D eigenvalue weighted by Crippen LogP contribution is 2.37. The molecule has 0 aliphatic carbocycles. The molecule has 0 spiro atoms. The molecule has 1 aliphatic rings. The molecule has 9 nitrogen and oxygen atoms in total. The van der Waals surface area contributed by atoms with Crippen molar-refractivity contribution in [3.63, 3.8) is 0 Å². The molecular weight excluding hydrogens is 547 g/mol. The van der Waals surface area contributed by atoms with E-state index < -0.39 is 23.5 Å². The Morgan fingerprint density at radius 2 is 1.83 bits per heavy atom. The monoisotopic (exact) mass is 583 g/mol. The number of carbonyl (C=O) groups is 1. The Labute approximate surface area is 243 Å². The van der Waals surface area contributed by atoms with Crippen molar-refractivity contribution in [1.29, 1.82) is 0 Å². The van der Waals surface area contributed by atoms with Crippen LogP contribution in [-0.4, -0.2) is 60.6 Å². The van der Waals surface area contributed by atoms with Gasteiger partial charge in [0.1, 0.15) is 17.1 Å². The summed E-state index contributed by atoms with van der Waals surface area (Å²) in [6.45, 7) is 10.5. The zero-order valence-electron chi connectivity index (χ0n) is 23.8. The molecule has 2 heterocycles. The maximum absolute atomic E-state index is 13.8. The van der Waals surface area contributed by atoms with E-state index in [4.69, 9.17) is 4.74 Å². The van der Waals surface area contributed by atoms with Crippen LogP contribution in [0.5, 0.6) is 5.75 Å². The van der Waals surface area contributed by atoms with E-state index in [-0.39, 0.29) is 5.95 Å². The highest BCUT2D eigenvalue weighted by molar-refractivity contribution is 5.99. The van der Waals surface area contributed by atoms with Crippen molar-refractivity contribution in [3.8, 4) is 5.75 Å². The fourth-order valence-electron chi connectivity index (χ4n) is 4.66. The predicted octanol–water partition coefficient (Wildman–Crippen LogP) is 6.43. The van der Waals surface area contributed by atoms with Gasteiger partial charge in [0.25, 0.3) is 0 Å². The van der Waals surface area contributed by atoms with Crippen LogP contribution in [0.3, 0.4) is 0 Å². The first-order valence-electron chi connectivity index (χ1n) is 13.9. The Kier molecular flexibility index (Phi) is 10.2. The normalized spacial score (nSPS) is 13.9. The number of hydrogen-bond acceptors (Lipinski definition) is 8. The number of methoxy groups -OCH3 is 1. The number of alkyl halides is 3. The van der Waals surface area contributed by atoms with Gasteiger partial charge in [-0.1, -0.05) is 32.4 Å². The van der Waals surface area contributed by atoms with Crippen molar-refractivity contribution in [2.45, 2.75) is 32.4 Å². The van der Waals surface area contributed by atoms with E-state index in [9.17, 15) is 18.0 Å². The third-order valence-electron chi connectivity index (χ3n) is 6.92. The summed E-state index contributed by atoms with van der Waals surface area (Å²) in [6, 6.07) is 11.9. The summed E-state index contributed by atoms with van der Waals surface area (Å²) >= 11 is 0. The lowest BCUT2D eigenvalue weighted by Crippen LogP contribution is -2.46. The molecule has 12 heteroatoms. The van der Waals surface area contributed by atoms with Gasteiger partial charge in [0, 0.05) is 55.5 Å². The quantitative estimate of drug-likeness (QED) is 0.166. The number of amides is 1.